The molecule has 4 rings (SSSR count). The Hall–Kier alpha value is -2.81. The molecule has 2 heterocycles. The van der Waals surface area contributed by atoms with Gasteiger partial charge in [-0.25, -0.2) is 4.98 Å². The fraction of sp³-hybridized carbons (Fsp3) is 0.407. The van der Waals surface area contributed by atoms with Gasteiger partial charge in [0.2, 0.25) is 5.75 Å². The molecule has 0 spiro atoms. The summed E-state index contributed by atoms with van der Waals surface area (Å²) < 4.78 is 17.3. The standard InChI is InChI=1S/C27H32ClN3O4S/c1-4-33-23-15-20(16-24(34-5-2)26(23)35-6-3)27(32)31-13-11-30(12-14-31)17-25-29-22(18-36-25)19-7-9-21(28)10-8-19/h7-10,15-16,18H,4-6,11-14,17H2,1-3H3. The van der Waals surface area contributed by atoms with Crippen LogP contribution in [0.4, 0.5) is 0 Å². The lowest BCUT2D eigenvalue weighted by molar-refractivity contribution is 0.0627. The number of ether oxygens (including phenoxy) is 3. The van der Waals surface area contributed by atoms with E-state index in [2.05, 4.69) is 10.3 Å². The summed E-state index contributed by atoms with van der Waals surface area (Å²) in [6.45, 7) is 10.8. The highest BCUT2D eigenvalue weighted by atomic mass is 35.5. The highest BCUT2D eigenvalue weighted by Crippen LogP contribution is 2.39. The maximum atomic E-state index is 13.4. The Morgan fingerprint density at radius 1 is 0.944 bits per heavy atom. The minimum Gasteiger partial charge on any atom is -0.490 e. The second-order valence-corrected chi connectivity index (χ2v) is 9.68. The van der Waals surface area contributed by atoms with Crippen molar-refractivity contribution in [2.75, 3.05) is 46.0 Å². The molecule has 1 saturated heterocycles. The van der Waals surface area contributed by atoms with Crippen LogP contribution in [0.2, 0.25) is 5.02 Å². The Balaban J connectivity index is 1.39. The molecule has 0 atom stereocenters. The quantitative estimate of drug-likeness (QED) is 0.340. The lowest BCUT2D eigenvalue weighted by Gasteiger charge is -2.34. The first-order chi connectivity index (χ1) is 17.5. The number of benzene rings is 2. The average Bonchev–Trinajstić information content (AvgIpc) is 3.35. The predicted molar refractivity (Wildman–Crippen MR) is 144 cm³/mol. The summed E-state index contributed by atoms with van der Waals surface area (Å²) in [5, 5.41) is 3.86. The normalized spacial score (nSPS) is 14.1. The third-order valence-corrected chi connectivity index (χ3v) is 6.95. The molecular formula is C27H32ClN3O4S. The number of rotatable bonds is 10. The van der Waals surface area contributed by atoms with E-state index in [-0.39, 0.29) is 5.91 Å². The molecule has 0 saturated carbocycles. The molecule has 0 aliphatic carbocycles. The molecule has 0 bridgehead atoms. The van der Waals surface area contributed by atoms with Crippen molar-refractivity contribution in [2.24, 2.45) is 0 Å². The number of carbonyl (C=O) groups is 1. The van der Waals surface area contributed by atoms with Gasteiger partial charge in [-0.15, -0.1) is 11.3 Å². The number of thiazole rings is 1. The molecule has 0 unspecified atom stereocenters. The van der Waals surface area contributed by atoms with Crippen molar-refractivity contribution in [3.8, 4) is 28.5 Å². The third-order valence-electron chi connectivity index (χ3n) is 5.87. The van der Waals surface area contributed by atoms with Crippen molar-refractivity contribution < 1.29 is 19.0 Å². The van der Waals surface area contributed by atoms with Crippen LogP contribution in [-0.2, 0) is 6.54 Å². The lowest BCUT2D eigenvalue weighted by atomic mass is 10.1. The zero-order chi connectivity index (χ0) is 25.5. The van der Waals surface area contributed by atoms with Gasteiger partial charge >= 0.3 is 0 Å². The summed E-state index contributed by atoms with van der Waals surface area (Å²) in [5.41, 5.74) is 2.57. The highest BCUT2D eigenvalue weighted by molar-refractivity contribution is 7.09. The van der Waals surface area contributed by atoms with Gasteiger partial charge in [0, 0.05) is 47.7 Å². The molecule has 2 aromatic carbocycles. The Kier molecular flexibility index (Phi) is 9.07. The van der Waals surface area contributed by atoms with Crippen LogP contribution >= 0.6 is 22.9 Å². The van der Waals surface area contributed by atoms with Crippen LogP contribution in [0.5, 0.6) is 17.2 Å². The molecule has 0 radical (unpaired) electrons. The van der Waals surface area contributed by atoms with Crippen LogP contribution in [0.3, 0.4) is 0 Å². The molecular weight excluding hydrogens is 498 g/mol. The van der Waals surface area contributed by atoms with E-state index in [9.17, 15) is 4.79 Å². The van der Waals surface area contributed by atoms with Crippen LogP contribution in [0.15, 0.2) is 41.8 Å². The molecule has 0 N–H and O–H groups in total. The molecule has 3 aromatic rings. The lowest BCUT2D eigenvalue weighted by Crippen LogP contribution is -2.48. The molecule has 1 aliphatic heterocycles. The second-order valence-electron chi connectivity index (χ2n) is 8.30. The van der Waals surface area contributed by atoms with Gasteiger partial charge in [0.1, 0.15) is 5.01 Å². The van der Waals surface area contributed by atoms with Crippen LogP contribution in [0.1, 0.15) is 36.1 Å². The van der Waals surface area contributed by atoms with Gasteiger partial charge in [-0.3, -0.25) is 9.69 Å². The van der Waals surface area contributed by atoms with Gasteiger partial charge in [-0.1, -0.05) is 23.7 Å². The molecule has 192 valence electrons. The van der Waals surface area contributed by atoms with Gasteiger partial charge in [-0.2, -0.15) is 0 Å². The molecule has 1 amide bonds. The first-order valence-electron chi connectivity index (χ1n) is 12.3. The SMILES string of the molecule is CCOc1cc(C(=O)N2CCN(Cc3nc(-c4ccc(Cl)cc4)cs3)CC2)cc(OCC)c1OCC. The average molecular weight is 530 g/mol. The summed E-state index contributed by atoms with van der Waals surface area (Å²) in [5.74, 6) is 1.59. The minimum absolute atomic E-state index is 0.0288. The molecule has 1 fully saturated rings. The van der Waals surface area contributed by atoms with E-state index in [4.69, 9.17) is 30.8 Å². The van der Waals surface area contributed by atoms with Crippen molar-refractivity contribution in [3.63, 3.8) is 0 Å². The van der Waals surface area contributed by atoms with Gasteiger partial charge in [-0.05, 0) is 45.0 Å². The van der Waals surface area contributed by atoms with E-state index in [0.29, 0.717) is 55.7 Å². The van der Waals surface area contributed by atoms with E-state index in [1.54, 1.807) is 23.5 Å². The Labute approximate surface area is 221 Å². The fourth-order valence-electron chi connectivity index (χ4n) is 4.13. The maximum absolute atomic E-state index is 13.4. The highest BCUT2D eigenvalue weighted by Gasteiger charge is 2.25. The van der Waals surface area contributed by atoms with Crippen molar-refractivity contribution in [2.45, 2.75) is 27.3 Å². The van der Waals surface area contributed by atoms with Crippen LogP contribution in [0, 0.1) is 0 Å². The number of nitrogens with zero attached hydrogens (tertiary/aromatic N) is 3. The van der Waals surface area contributed by atoms with E-state index < -0.39 is 0 Å². The number of hydrogen-bond donors (Lipinski definition) is 0. The largest absolute Gasteiger partial charge is 0.490 e. The monoisotopic (exact) mass is 529 g/mol. The predicted octanol–water partition coefficient (Wildman–Crippen LogP) is 5.62. The first kappa shape index (κ1) is 26.3. The Morgan fingerprint density at radius 2 is 1.56 bits per heavy atom. The van der Waals surface area contributed by atoms with E-state index >= 15 is 0 Å². The summed E-state index contributed by atoms with van der Waals surface area (Å²) in [6, 6.07) is 11.3. The Bertz CT molecular complexity index is 1130. The Morgan fingerprint density at radius 3 is 2.14 bits per heavy atom. The molecule has 36 heavy (non-hydrogen) atoms. The van der Waals surface area contributed by atoms with Gasteiger partial charge in [0.25, 0.3) is 5.91 Å². The van der Waals surface area contributed by atoms with Gasteiger partial charge in [0.05, 0.1) is 32.1 Å². The van der Waals surface area contributed by atoms with Crippen LogP contribution < -0.4 is 14.2 Å². The number of aromatic nitrogens is 1. The fourth-order valence-corrected chi connectivity index (χ4v) is 5.10. The summed E-state index contributed by atoms with van der Waals surface area (Å²) >= 11 is 7.66. The smallest absolute Gasteiger partial charge is 0.254 e. The van der Waals surface area contributed by atoms with Gasteiger partial charge < -0.3 is 19.1 Å². The number of amides is 1. The molecule has 1 aromatic heterocycles. The van der Waals surface area contributed by atoms with Crippen molar-refractivity contribution in [1.29, 1.82) is 0 Å². The molecule has 9 heteroatoms. The summed E-state index contributed by atoms with van der Waals surface area (Å²) in [4.78, 5) is 22.4. The number of carbonyl (C=O) groups excluding carboxylic acids is 1. The number of hydrogen-bond acceptors (Lipinski definition) is 7. The van der Waals surface area contributed by atoms with Gasteiger partial charge in [0.15, 0.2) is 11.5 Å². The van der Waals surface area contributed by atoms with E-state index in [0.717, 1.165) is 40.9 Å². The summed E-state index contributed by atoms with van der Waals surface area (Å²) in [6.07, 6.45) is 0. The van der Waals surface area contributed by atoms with Crippen LogP contribution in [-0.4, -0.2) is 66.7 Å². The zero-order valence-corrected chi connectivity index (χ0v) is 22.5. The molecule has 7 nitrogen and oxygen atoms in total. The minimum atomic E-state index is -0.0288. The van der Waals surface area contributed by atoms with Crippen molar-refractivity contribution in [3.05, 3.63) is 57.4 Å². The first-order valence-corrected chi connectivity index (χ1v) is 13.6. The number of piperazine rings is 1. The summed E-state index contributed by atoms with van der Waals surface area (Å²) in [7, 11) is 0. The molecule has 1 aliphatic rings. The van der Waals surface area contributed by atoms with Crippen LogP contribution in [0.25, 0.3) is 11.3 Å². The van der Waals surface area contributed by atoms with Crippen molar-refractivity contribution >= 4 is 28.8 Å². The van der Waals surface area contributed by atoms with E-state index in [1.165, 1.54) is 0 Å². The second kappa shape index (κ2) is 12.4. The third kappa shape index (κ3) is 6.30. The topological polar surface area (TPSA) is 64.1 Å². The maximum Gasteiger partial charge on any atom is 0.254 e. The van der Waals surface area contributed by atoms with Crippen molar-refractivity contribution in [1.82, 2.24) is 14.8 Å². The van der Waals surface area contributed by atoms with E-state index in [1.807, 2.05) is 49.9 Å². The zero-order valence-electron chi connectivity index (χ0n) is 21.0. The number of halogens is 1.